The van der Waals surface area contributed by atoms with Crippen LogP contribution in [0, 0.1) is 5.92 Å². The summed E-state index contributed by atoms with van der Waals surface area (Å²) in [7, 11) is 0. The largest absolute Gasteiger partial charge is 0.498 e. The fourth-order valence-electron chi connectivity index (χ4n) is 1.54. The minimum Gasteiger partial charge on any atom is -0.498 e. The molecule has 0 radical (unpaired) electrons. The van der Waals surface area contributed by atoms with E-state index in [0.717, 1.165) is 0 Å². The van der Waals surface area contributed by atoms with Gasteiger partial charge in [-0.3, -0.25) is 4.79 Å². The van der Waals surface area contributed by atoms with Crippen molar-refractivity contribution in [2.45, 2.75) is 31.6 Å². The summed E-state index contributed by atoms with van der Waals surface area (Å²) in [5.41, 5.74) is 10.5. The molecule has 0 aromatic heterocycles. The zero-order chi connectivity index (χ0) is 10.7. The van der Waals surface area contributed by atoms with Crippen LogP contribution in [0.5, 0.6) is 0 Å². The van der Waals surface area contributed by atoms with E-state index in [0.29, 0.717) is 6.42 Å². The van der Waals surface area contributed by atoms with E-state index in [1.165, 1.54) is 0 Å². The summed E-state index contributed by atoms with van der Waals surface area (Å²) in [4.78, 5) is 10.8. The summed E-state index contributed by atoms with van der Waals surface area (Å²) in [5, 5.41) is 9.74. The maximum absolute atomic E-state index is 10.8. The lowest BCUT2D eigenvalue weighted by Crippen LogP contribution is -2.51. The van der Waals surface area contributed by atoms with Gasteiger partial charge < -0.3 is 21.3 Å². The number of primary amides is 1. The Hall–Kier alpha value is -1.07. The molecule has 4 atom stereocenters. The molecule has 14 heavy (non-hydrogen) atoms. The van der Waals surface area contributed by atoms with E-state index in [2.05, 4.69) is 0 Å². The molecule has 1 amide bonds. The zero-order valence-corrected chi connectivity index (χ0v) is 8.09. The van der Waals surface area contributed by atoms with Gasteiger partial charge in [0.15, 0.2) is 0 Å². The van der Waals surface area contributed by atoms with Crippen LogP contribution in [0.15, 0.2) is 12.3 Å². The summed E-state index contributed by atoms with van der Waals surface area (Å²) < 4.78 is 5.19. The van der Waals surface area contributed by atoms with Crippen LogP contribution in [0.3, 0.4) is 0 Å². The van der Waals surface area contributed by atoms with Crippen molar-refractivity contribution in [1.82, 2.24) is 0 Å². The normalized spacial score (nSPS) is 30.5. The first kappa shape index (κ1) is 11.0. The van der Waals surface area contributed by atoms with Gasteiger partial charge in [-0.05, 0) is 19.4 Å². The summed E-state index contributed by atoms with van der Waals surface area (Å²) >= 11 is 0. The highest BCUT2D eigenvalue weighted by Crippen LogP contribution is 2.23. The van der Waals surface area contributed by atoms with Gasteiger partial charge >= 0.3 is 0 Å². The number of allylic oxidation sites excluding steroid dienone is 1. The molecule has 0 spiro atoms. The van der Waals surface area contributed by atoms with Crippen molar-refractivity contribution in [3.05, 3.63) is 12.3 Å². The van der Waals surface area contributed by atoms with Crippen molar-refractivity contribution >= 4 is 5.91 Å². The van der Waals surface area contributed by atoms with Gasteiger partial charge in [-0.25, -0.2) is 0 Å². The second-order valence-electron chi connectivity index (χ2n) is 3.53. The second kappa shape index (κ2) is 4.43. The van der Waals surface area contributed by atoms with E-state index in [1.54, 1.807) is 12.3 Å². The van der Waals surface area contributed by atoms with Crippen molar-refractivity contribution in [1.29, 1.82) is 0 Å². The smallest absolute Gasteiger partial charge is 0.237 e. The third kappa shape index (κ3) is 2.24. The lowest BCUT2D eigenvalue weighted by molar-refractivity contribution is -0.123. The third-order valence-corrected chi connectivity index (χ3v) is 2.54. The minimum atomic E-state index is -1.03. The number of rotatable bonds is 3. The number of carbonyl (C=O) groups is 1. The van der Waals surface area contributed by atoms with Gasteiger partial charge in [-0.15, -0.1) is 0 Å². The topological polar surface area (TPSA) is 98.6 Å². The predicted octanol–water partition coefficient (Wildman–Crippen LogP) is -0.901. The maximum atomic E-state index is 10.8. The number of hydrogen-bond donors (Lipinski definition) is 3. The number of amides is 1. The van der Waals surface area contributed by atoms with Gasteiger partial charge in [0.2, 0.25) is 5.91 Å². The molecule has 0 aromatic carbocycles. The number of hydrogen-bond acceptors (Lipinski definition) is 4. The van der Waals surface area contributed by atoms with Gasteiger partial charge in [0.05, 0.1) is 12.4 Å². The standard InChI is InChI=1S/C9H16N2O3/c1-5-6(3-2-4-14-5)8(12)7(10)9(11)13/h2,4-8,12H,3,10H2,1H3,(H2,11,13)/t5?,6?,7-,8-/m0/s1. The van der Waals surface area contributed by atoms with E-state index in [4.69, 9.17) is 16.2 Å². The molecule has 1 aliphatic rings. The van der Waals surface area contributed by atoms with Gasteiger partial charge in [0, 0.05) is 5.92 Å². The highest BCUT2D eigenvalue weighted by atomic mass is 16.5. The number of ether oxygens (including phenoxy) is 1. The van der Waals surface area contributed by atoms with Crippen molar-refractivity contribution in [3.63, 3.8) is 0 Å². The fraction of sp³-hybridized carbons (Fsp3) is 0.667. The highest BCUT2D eigenvalue weighted by Gasteiger charge is 2.33. The first-order valence-electron chi connectivity index (χ1n) is 4.57. The average molecular weight is 200 g/mol. The number of aliphatic hydroxyl groups excluding tert-OH is 1. The lowest BCUT2D eigenvalue weighted by Gasteiger charge is -2.31. The van der Waals surface area contributed by atoms with E-state index in [-0.39, 0.29) is 12.0 Å². The Kier molecular flexibility index (Phi) is 3.49. The monoisotopic (exact) mass is 200 g/mol. The van der Waals surface area contributed by atoms with Crippen molar-refractivity contribution in [3.8, 4) is 0 Å². The minimum absolute atomic E-state index is 0.152. The summed E-state index contributed by atoms with van der Waals surface area (Å²) in [5.74, 6) is -0.873. The summed E-state index contributed by atoms with van der Waals surface area (Å²) in [6, 6.07) is -1.03. The molecular formula is C9H16N2O3. The summed E-state index contributed by atoms with van der Waals surface area (Å²) in [6.45, 7) is 1.82. The number of nitrogens with two attached hydrogens (primary N) is 2. The van der Waals surface area contributed by atoms with E-state index >= 15 is 0 Å². The highest BCUT2D eigenvalue weighted by molar-refractivity contribution is 5.80. The molecule has 2 unspecified atom stereocenters. The van der Waals surface area contributed by atoms with E-state index < -0.39 is 18.1 Å². The van der Waals surface area contributed by atoms with Crippen LogP contribution in [-0.2, 0) is 9.53 Å². The molecule has 5 nitrogen and oxygen atoms in total. The molecule has 1 aliphatic heterocycles. The Balaban J connectivity index is 2.63. The van der Waals surface area contributed by atoms with Crippen molar-refractivity contribution < 1.29 is 14.6 Å². The molecule has 0 aromatic rings. The molecule has 5 N–H and O–H groups in total. The molecule has 0 bridgehead atoms. The van der Waals surface area contributed by atoms with Crippen molar-refractivity contribution in [2.75, 3.05) is 0 Å². The first-order chi connectivity index (χ1) is 6.54. The van der Waals surface area contributed by atoms with Crippen LogP contribution in [0.1, 0.15) is 13.3 Å². The SMILES string of the molecule is CC1OC=CCC1[C@H](O)[C@H](N)C(N)=O. The second-order valence-corrected chi connectivity index (χ2v) is 3.53. The Morgan fingerprint density at radius 2 is 2.36 bits per heavy atom. The van der Waals surface area contributed by atoms with Crippen LogP contribution in [0.25, 0.3) is 0 Å². The summed E-state index contributed by atoms with van der Waals surface area (Å²) in [6.07, 6.45) is 2.92. The zero-order valence-electron chi connectivity index (χ0n) is 8.09. The number of aliphatic hydroxyl groups is 1. The van der Waals surface area contributed by atoms with E-state index in [1.807, 2.05) is 6.92 Å². The Bertz CT molecular complexity index is 242. The van der Waals surface area contributed by atoms with Crippen molar-refractivity contribution in [2.24, 2.45) is 17.4 Å². The Morgan fingerprint density at radius 3 is 2.86 bits per heavy atom. The molecule has 0 aliphatic carbocycles. The predicted molar refractivity (Wildman–Crippen MR) is 51.0 cm³/mol. The molecular weight excluding hydrogens is 184 g/mol. The van der Waals surface area contributed by atoms with Gasteiger partial charge in [-0.2, -0.15) is 0 Å². The van der Waals surface area contributed by atoms with Gasteiger partial charge in [0.1, 0.15) is 12.1 Å². The first-order valence-corrected chi connectivity index (χ1v) is 4.57. The Labute approximate surface area is 82.7 Å². The van der Waals surface area contributed by atoms with E-state index in [9.17, 15) is 9.90 Å². The van der Waals surface area contributed by atoms with Crippen LogP contribution in [-0.4, -0.2) is 29.3 Å². The molecule has 0 saturated heterocycles. The molecule has 1 heterocycles. The lowest BCUT2D eigenvalue weighted by atomic mass is 9.88. The average Bonchev–Trinajstić information content (AvgIpc) is 2.16. The third-order valence-electron chi connectivity index (χ3n) is 2.54. The maximum Gasteiger partial charge on any atom is 0.237 e. The van der Waals surface area contributed by atoms with Gasteiger partial charge in [0.25, 0.3) is 0 Å². The molecule has 0 fully saturated rings. The number of carbonyl (C=O) groups excluding carboxylic acids is 1. The quantitative estimate of drug-likeness (QED) is 0.549. The van der Waals surface area contributed by atoms with Gasteiger partial charge in [-0.1, -0.05) is 0 Å². The van der Waals surface area contributed by atoms with Crippen LogP contribution >= 0.6 is 0 Å². The molecule has 5 heteroatoms. The van der Waals surface area contributed by atoms with Crippen LogP contribution in [0.4, 0.5) is 0 Å². The molecule has 0 saturated carbocycles. The van der Waals surface area contributed by atoms with Crippen LogP contribution < -0.4 is 11.5 Å². The molecule has 1 rings (SSSR count). The molecule has 80 valence electrons. The Morgan fingerprint density at radius 1 is 1.71 bits per heavy atom. The fourth-order valence-corrected chi connectivity index (χ4v) is 1.54. The van der Waals surface area contributed by atoms with Crippen LogP contribution in [0.2, 0.25) is 0 Å².